The van der Waals surface area contributed by atoms with Gasteiger partial charge in [-0.1, -0.05) is 19.9 Å². The summed E-state index contributed by atoms with van der Waals surface area (Å²) < 4.78 is 5.29. The maximum absolute atomic E-state index is 12.2. The van der Waals surface area contributed by atoms with Gasteiger partial charge in [0, 0.05) is 44.5 Å². The quantitative estimate of drug-likeness (QED) is 0.871. The molecule has 0 spiro atoms. The van der Waals surface area contributed by atoms with Gasteiger partial charge in [-0.05, 0) is 25.0 Å². The normalized spacial score (nSPS) is 17.2. The van der Waals surface area contributed by atoms with Crippen molar-refractivity contribution in [3.8, 4) is 5.75 Å². The van der Waals surface area contributed by atoms with E-state index in [0.29, 0.717) is 5.92 Å². The standard InChI is InChI=1S/C18H29N3O2/c1-14(2)13-19-18(22)15(3)20-8-10-21(11-9-20)16-6-5-7-17(12-16)23-4/h5-7,12,14-15H,8-11,13H2,1-4H3,(H,19,22). The molecule has 0 aliphatic carbocycles. The molecule has 0 aromatic heterocycles. The van der Waals surface area contributed by atoms with Gasteiger partial charge in [0.25, 0.3) is 0 Å². The number of amides is 1. The molecule has 1 aromatic carbocycles. The lowest BCUT2D eigenvalue weighted by Gasteiger charge is -2.38. The molecule has 128 valence electrons. The van der Waals surface area contributed by atoms with Gasteiger partial charge >= 0.3 is 0 Å². The van der Waals surface area contributed by atoms with Crippen molar-refractivity contribution in [3.05, 3.63) is 24.3 Å². The first-order valence-electron chi connectivity index (χ1n) is 8.42. The third-order valence-electron chi connectivity index (χ3n) is 4.34. The minimum absolute atomic E-state index is 0.0683. The Morgan fingerprint density at radius 3 is 2.52 bits per heavy atom. The predicted octanol–water partition coefficient (Wildman–Crippen LogP) is 1.98. The lowest BCUT2D eigenvalue weighted by atomic mass is 10.1. The number of methoxy groups -OCH3 is 1. The zero-order valence-corrected chi connectivity index (χ0v) is 14.7. The van der Waals surface area contributed by atoms with Gasteiger partial charge in [0.15, 0.2) is 0 Å². The van der Waals surface area contributed by atoms with Gasteiger partial charge in [-0.3, -0.25) is 9.69 Å². The Morgan fingerprint density at radius 1 is 1.22 bits per heavy atom. The van der Waals surface area contributed by atoms with E-state index in [4.69, 9.17) is 4.74 Å². The summed E-state index contributed by atoms with van der Waals surface area (Å²) in [4.78, 5) is 16.8. The Kier molecular flexibility index (Phi) is 6.28. The van der Waals surface area contributed by atoms with E-state index in [1.165, 1.54) is 5.69 Å². The number of hydrogen-bond acceptors (Lipinski definition) is 4. The highest BCUT2D eigenvalue weighted by atomic mass is 16.5. The van der Waals surface area contributed by atoms with Crippen LogP contribution < -0.4 is 15.0 Å². The van der Waals surface area contributed by atoms with Gasteiger partial charge in [0.05, 0.1) is 13.2 Å². The molecule has 1 aromatic rings. The molecule has 2 rings (SSSR count). The molecule has 1 saturated heterocycles. The predicted molar refractivity (Wildman–Crippen MR) is 94.1 cm³/mol. The van der Waals surface area contributed by atoms with Crippen LogP contribution in [-0.4, -0.2) is 56.7 Å². The zero-order chi connectivity index (χ0) is 16.8. The largest absolute Gasteiger partial charge is 0.497 e. The van der Waals surface area contributed by atoms with Crippen LogP contribution in [0.5, 0.6) is 5.75 Å². The average molecular weight is 319 g/mol. The smallest absolute Gasteiger partial charge is 0.237 e. The summed E-state index contributed by atoms with van der Waals surface area (Å²) in [5.74, 6) is 1.50. The number of benzene rings is 1. The number of piperazine rings is 1. The molecule has 1 atom stereocenters. The number of rotatable bonds is 6. The monoisotopic (exact) mass is 319 g/mol. The van der Waals surface area contributed by atoms with Crippen molar-refractivity contribution in [3.63, 3.8) is 0 Å². The molecule has 1 heterocycles. The molecule has 5 heteroatoms. The fraction of sp³-hybridized carbons (Fsp3) is 0.611. The van der Waals surface area contributed by atoms with Gasteiger partial charge < -0.3 is 15.0 Å². The van der Waals surface area contributed by atoms with E-state index in [-0.39, 0.29) is 11.9 Å². The van der Waals surface area contributed by atoms with Gasteiger partial charge in [-0.25, -0.2) is 0 Å². The molecule has 0 radical (unpaired) electrons. The molecule has 0 bridgehead atoms. The first kappa shape index (κ1) is 17.6. The van der Waals surface area contributed by atoms with Crippen molar-refractivity contribution in [2.75, 3.05) is 44.7 Å². The summed E-state index contributed by atoms with van der Waals surface area (Å²) >= 11 is 0. The summed E-state index contributed by atoms with van der Waals surface area (Å²) in [7, 11) is 1.69. The van der Waals surface area contributed by atoms with Gasteiger partial charge in [-0.2, -0.15) is 0 Å². The SMILES string of the molecule is COc1cccc(N2CCN(C(C)C(=O)NCC(C)C)CC2)c1. The third-order valence-corrected chi connectivity index (χ3v) is 4.34. The minimum atomic E-state index is -0.0683. The Labute approximate surface area is 139 Å². The van der Waals surface area contributed by atoms with E-state index in [9.17, 15) is 4.79 Å². The molecule has 1 fully saturated rings. The second-order valence-corrected chi connectivity index (χ2v) is 6.54. The molecule has 5 nitrogen and oxygen atoms in total. The van der Waals surface area contributed by atoms with Crippen molar-refractivity contribution in [1.82, 2.24) is 10.2 Å². The van der Waals surface area contributed by atoms with Crippen molar-refractivity contribution < 1.29 is 9.53 Å². The maximum atomic E-state index is 12.2. The number of carbonyl (C=O) groups excluding carboxylic acids is 1. The third kappa shape index (κ3) is 4.86. The first-order valence-corrected chi connectivity index (χ1v) is 8.42. The van der Waals surface area contributed by atoms with Crippen LogP contribution in [-0.2, 0) is 4.79 Å². The molecular weight excluding hydrogens is 290 g/mol. The summed E-state index contributed by atoms with van der Waals surface area (Å²) in [6.45, 7) is 10.6. The number of carbonyl (C=O) groups is 1. The van der Waals surface area contributed by atoms with Crippen LogP contribution in [0, 0.1) is 5.92 Å². The highest BCUT2D eigenvalue weighted by molar-refractivity contribution is 5.81. The number of anilines is 1. The second-order valence-electron chi connectivity index (χ2n) is 6.54. The Morgan fingerprint density at radius 2 is 1.91 bits per heavy atom. The highest BCUT2D eigenvalue weighted by Gasteiger charge is 2.25. The maximum Gasteiger partial charge on any atom is 0.237 e. The highest BCUT2D eigenvalue weighted by Crippen LogP contribution is 2.22. The van der Waals surface area contributed by atoms with Gasteiger partial charge in [0.2, 0.25) is 5.91 Å². The van der Waals surface area contributed by atoms with Crippen LogP contribution in [0.15, 0.2) is 24.3 Å². The van der Waals surface area contributed by atoms with E-state index in [0.717, 1.165) is 38.5 Å². The van der Waals surface area contributed by atoms with E-state index in [2.05, 4.69) is 41.1 Å². The number of ether oxygens (including phenoxy) is 1. The fourth-order valence-corrected chi connectivity index (χ4v) is 2.79. The first-order chi connectivity index (χ1) is 11.0. The lowest BCUT2D eigenvalue weighted by Crippen LogP contribution is -2.54. The van der Waals surface area contributed by atoms with Crippen LogP contribution in [0.1, 0.15) is 20.8 Å². The molecule has 1 aliphatic rings. The molecule has 23 heavy (non-hydrogen) atoms. The summed E-state index contributed by atoms with van der Waals surface area (Å²) in [6.07, 6.45) is 0. The average Bonchev–Trinajstić information content (AvgIpc) is 2.59. The Bertz CT molecular complexity index is 511. The minimum Gasteiger partial charge on any atom is -0.497 e. The van der Waals surface area contributed by atoms with Crippen LogP contribution in [0.25, 0.3) is 0 Å². The van der Waals surface area contributed by atoms with Crippen molar-refractivity contribution in [2.24, 2.45) is 5.92 Å². The molecule has 1 aliphatic heterocycles. The number of nitrogens with zero attached hydrogens (tertiary/aromatic N) is 2. The van der Waals surface area contributed by atoms with E-state index in [1.54, 1.807) is 7.11 Å². The van der Waals surface area contributed by atoms with Crippen molar-refractivity contribution >= 4 is 11.6 Å². The van der Waals surface area contributed by atoms with Gasteiger partial charge in [-0.15, -0.1) is 0 Å². The summed E-state index contributed by atoms with van der Waals surface area (Å²) in [5, 5.41) is 3.03. The number of nitrogens with one attached hydrogen (secondary N) is 1. The van der Waals surface area contributed by atoms with Gasteiger partial charge in [0.1, 0.15) is 5.75 Å². The molecule has 1 amide bonds. The molecule has 1 N–H and O–H groups in total. The summed E-state index contributed by atoms with van der Waals surface area (Å²) in [5.41, 5.74) is 1.18. The zero-order valence-electron chi connectivity index (χ0n) is 14.7. The Balaban J connectivity index is 1.86. The van der Waals surface area contributed by atoms with Crippen LogP contribution >= 0.6 is 0 Å². The molecular formula is C18H29N3O2. The van der Waals surface area contributed by atoms with E-state index in [1.807, 2.05) is 19.1 Å². The van der Waals surface area contributed by atoms with Crippen LogP contribution in [0.2, 0.25) is 0 Å². The van der Waals surface area contributed by atoms with Crippen LogP contribution in [0.4, 0.5) is 5.69 Å². The molecule has 1 unspecified atom stereocenters. The van der Waals surface area contributed by atoms with Crippen molar-refractivity contribution in [2.45, 2.75) is 26.8 Å². The van der Waals surface area contributed by atoms with E-state index >= 15 is 0 Å². The second kappa shape index (κ2) is 8.20. The van der Waals surface area contributed by atoms with Crippen molar-refractivity contribution in [1.29, 1.82) is 0 Å². The summed E-state index contributed by atoms with van der Waals surface area (Å²) in [6, 6.07) is 8.08. The van der Waals surface area contributed by atoms with Crippen LogP contribution in [0.3, 0.4) is 0 Å². The number of hydrogen-bond donors (Lipinski definition) is 1. The van der Waals surface area contributed by atoms with E-state index < -0.39 is 0 Å². The fourth-order valence-electron chi connectivity index (χ4n) is 2.79. The molecule has 0 saturated carbocycles. The topological polar surface area (TPSA) is 44.8 Å². The lowest BCUT2D eigenvalue weighted by molar-refractivity contribution is -0.126. The Hall–Kier alpha value is -1.75.